The molecule has 0 radical (unpaired) electrons. The van der Waals surface area contributed by atoms with Crippen LogP contribution < -0.4 is 0 Å². The highest BCUT2D eigenvalue weighted by Gasteiger charge is 1.18. The van der Waals surface area contributed by atoms with Crippen molar-refractivity contribution in [2.45, 2.75) is 0 Å². The highest BCUT2D eigenvalue weighted by Crippen LogP contribution is 1.60. The molecule has 0 atom stereocenters. The third-order valence-electron chi connectivity index (χ3n) is 0. The van der Waals surface area contributed by atoms with Gasteiger partial charge in [0.15, 0.2) is 0 Å². The van der Waals surface area contributed by atoms with Crippen LogP contribution >= 0.6 is 36.4 Å². The number of hydrogen-bond donors (Lipinski definition) is 0. The van der Waals surface area contributed by atoms with Crippen LogP contribution in [0, 0.1) is 0 Å². The molecule has 0 nitrogen and oxygen atoms in total. The lowest BCUT2D eigenvalue weighted by atomic mass is 11.3. The summed E-state index contributed by atoms with van der Waals surface area (Å²) in [5.74, 6) is 0. The molecule has 0 N–H and O–H groups in total. The van der Waals surface area contributed by atoms with Gasteiger partial charge in [-0.05, 0) is 5.54 Å². The Morgan fingerprint density at radius 2 is 1.40 bits per heavy atom. The Morgan fingerprint density at radius 3 is 1.40 bits per heavy atom. The van der Waals surface area contributed by atoms with E-state index in [-0.39, 0.29) is 24.8 Å². The third-order valence-corrected chi connectivity index (χ3v) is 0. The first-order valence-corrected chi connectivity index (χ1v) is 1.06. The Morgan fingerprint density at radius 1 is 1.40 bits per heavy atom. The summed E-state index contributed by atoms with van der Waals surface area (Å²) in [4.78, 5) is 0. The van der Waals surface area contributed by atoms with E-state index in [1.807, 2.05) is 0 Å². The molecule has 0 aliphatic heterocycles. The maximum atomic E-state index is 4.76. The summed E-state index contributed by atoms with van der Waals surface area (Å²) in [6.45, 7) is 3.13. The van der Waals surface area contributed by atoms with Crippen molar-refractivity contribution in [1.82, 2.24) is 0 Å². The van der Waals surface area contributed by atoms with Gasteiger partial charge in [-0.15, -0.1) is 24.8 Å². The number of hydrogen-bond acceptors (Lipinski definition) is 0. The van der Waals surface area contributed by atoms with Gasteiger partial charge in [-0.25, -0.2) is 0 Å². The Kier molecular flexibility index (Phi) is 81.1. The van der Waals surface area contributed by atoms with Gasteiger partial charge in [0, 0.05) is 0 Å². The zero-order valence-electron chi connectivity index (χ0n) is 2.48. The fourth-order valence-corrected chi connectivity index (χ4v) is 0. The van der Waals surface area contributed by atoms with E-state index in [4.69, 9.17) is 11.6 Å². The predicted octanol–water partition coefficient (Wildman–Crippen LogP) is 2.21. The molecule has 0 aromatic carbocycles. The zero-order chi connectivity index (χ0) is 2.71. The van der Waals surface area contributed by atoms with Crippen LogP contribution in [0.2, 0.25) is 0 Å². The van der Waals surface area contributed by atoms with Crippen molar-refractivity contribution in [2.24, 2.45) is 0 Å². The van der Waals surface area contributed by atoms with E-state index in [1.54, 1.807) is 0 Å². The van der Waals surface area contributed by atoms with E-state index in [0.717, 1.165) is 0 Å². The summed E-state index contributed by atoms with van der Waals surface area (Å²) in [6.07, 6.45) is 0. The second-order valence-electron chi connectivity index (χ2n) is 0.154. The monoisotopic (exact) mass is 134 g/mol. The van der Waals surface area contributed by atoms with Gasteiger partial charge in [0.25, 0.3) is 0 Å². The van der Waals surface area contributed by atoms with Crippen molar-refractivity contribution >= 4 is 36.4 Å². The van der Waals surface area contributed by atoms with Crippen LogP contribution in [-0.2, 0) is 0 Å². The van der Waals surface area contributed by atoms with Gasteiger partial charge in [0.2, 0.25) is 0 Å². The van der Waals surface area contributed by atoms with Crippen LogP contribution in [0.4, 0.5) is 0 Å². The predicted molar refractivity (Wildman–Crippen MR) is 30.5 cm³/mol. The van der Waals surface area contributed by atoms with E-state index < -0.39 is 0 Å². The van der Waals surface area contributed by atoms with Crippen molar-refractivity contribution in [2.75, 3.05) is 0 Å². The normalized spacial score (nSPS) is 2.60. The second kappa shape index (κ2) is 23.2. The lowest BCUT2D eigenvalue weighted by Gasteiger charge is -1.27. The molecule has 0 heterocycles. The van der Waals surface area contributed by atoms with Crippen LogP contribution in [0.5, 0.6) is 0 Å². The first-order chi connectivity index (χ1) is 1.41. The van der Waals surface area contributed by atoms with Crippen molar-refractivity contribution < 1.29 is 0 Å². The minimum absolute atomic E-state index is 0. The van der Waals surface area contributed by atoms with Crippen molar-refractivity contribution in [1.29, 1.82) is 0 Å². The van der Waals surface area contributed by atoms with Crippen LogP contribution in [0.3, 0.4) is 0 Å². The van der Waals surface area contributed by atoms with Gasteiger partial charge < -0.3 is 0 Å². The SMILES string of the molecule is C=CCl.Cl.Cl. The molecule has 0 saturated heterocycles. The molecule has 0 fully saturated rings. The molecule has 3 heteroatoms. The molecule has 0 rings (SSSR count). The van der Waals surface area contributed by atoms with Crippen molar-refractivity contribution in [3.63, 3.8) is 0 Å². The highest BCUT2D eigenvalue weighted by molar-refractivity contribution is 6.25. The zero-order valence-corrected chi connectivity index (χ0v) is 4.87. The molecule has 0 aromatic heterocycles. The number of rotatable bonds is 0. The summed E-state index contributed by atoms with van der Waals surface area (Å²) < 4.78 is 0. The molecule has 0 saturated carbocycles. The Bertz CT molecular complexity index is 12.4. The molecule has 34 valence electrons. The molecule has 5 heavy (non-hydrogen) atoms. The second-order valence-corrected chi connectivity index (χ2v) is 0.463. The highest BCUT2D eigenvalue weighted by atomic mass is 35.5. The van der Waals surface area contributed by atoms with Crippen LogP contribution in [0.1, 0.15) is 0 Å². The van der Waals surface area contributed by atoms with Crippen LogP contribution in [0.25, 0.3) is 0 Å². The molecule has 0 unspecified atom stereocenters. The average Bonchev–Trinajstić information content (AvgIpc) is 0.918. The largest absolute Gasteiger partial charge is 0.147 e. The van der Waals surface area contributed by atoms with Crippen molar-refractivity contribution in [3.8, 4) is 0 Å². The van der Waals surface area contributed by atoms with Gasteiger partial charge >= 0.3 is 0 Å². The lowest BCUT2D eigenvalue weighted by molar-refractivity contribution is 2.63. The van der Waals surface area contributed by atoms with E-state index in [0.29, 0.717) is 0 Å². The molecule has 0 spiro atoms. The molecule has 0 aliphatic rings. The van der Waals surface area contributed by atoms with E-state index in [1.165, 1.54) is 5.54 Å². The fraction of sp³-hybridized carbons (Fsp3) is 0. The van der Waals surface area contributed by atoms with Gasteiger partial charge in [0.05, 0.1) is 0 Å². The van der Waals surface area contributed by atoms with Gasteiger partial charge in [-0.2, -0.15) is 0 Å². The topological polar surface area (TPSA) is 0 Å². The van der Waals surface area contributed by atoms with Crippen LogP contribution in [-0.4, -0.2) is 0 Å². The maximum absolute atomic E-state index is 4.76. The van der Waals surface area contributed by atoms with Crippen LogP contribution in [0.15, 0.2) is 12.1 Å². The molecular formula is C2H5Cl3. The summed E-state index contributed by atoms with van der Waals surface area (Å²) in [6, 6.07) is 0. The Hall–Kier alpha value is 0.610. The molecular weight excluding hydrogens is 130 g/mol. The summed E-state index contributed by atoms with van der Waals surface area (Å²) in [5, 5.41) is 0. The first kappa shape index (κ1) is 17.5. The lowest BCUT2D eigenvalue weighted by Crippen LogP contribution is -0.926. The van der Waals surface area contributed by atoms with E-state index >= 15 is 0 Å². The standard InChI is InChI=1S/C2H3Cl.2ClH/c1-2-3;;/h2H,1H2;2*1H. The van der Waals surface area contributed by atoms with Gasteiger partial charge in [-0.3, -0.25) is 0 Å². The summed E-state index contributed by atoms with van der Waals surface area (Å²) >= 11 is 4.76. The average molecular weight is 135 g/mol. The summed E-state index contributed by atoms with van der Waals surface area (Å²) in [5.41, 5.74) is 1.22. The quantitative estimate of drug-likeness (QED) is 0.478. The molecule has 0 bridgehead atoms. The third kappa shape index (κ3) is 84.4. The smallest absolute Gasteiger partial charge is 0.00296 e. The van der Waals surface area contributed by atoms with E-state index in [2.05, 4.69) is 6.58 Å². The van der Waals surface area contributed by atoms with Gasteiger partial charge in [0.1, 0.15) is 0 Å². The number of halogens is 3. The molecule has 0 amide bonds. The maximum Gasteiger partial charge on any atom is -0.00296 e. The summed E-state index contributed by atoms with van der Waals surface area (Å²) in [7, 11) is 0. The van der Waals surface area contributed by atoms with Gasteiger partial charge in [-0.1, -0.05) is 18.2 Å². The fourth-order valence-electron chi connectivity index (χ4n) is 0. The Balaban J connectivity index is -0.0000000200. The minimum Gasteiger partial charge on any atom is -0.147 e. The first-order valence-electron chi connectivity index (χ1n) is 0.626. The van der Waals surface area contributed by atoms with Crippen molar-refractivity contribution in [3.05, 3.63) is 12.1 Å². The minimum atomic E-state index is 0. The molecule has 0 aromatic rings. The molecule has 0 aliphatic carbocycles. The Labute approximate surface area is 49.0 Å². The van der Waals surface area contributed by atoms with E-state index in [9.17, 15) is 0 Å².